The number of fused-ring (bicyclic) bond motifs is 3. The smallest absolute Gasteiger partial charge is 0.260 e. The summed E-state index contributed by atoms with van der Waals surface area (Å²) in [6, 6.07) is 7.73. The van der Waals surface area contributed by atoms with Crippen molar-refractivity contribution in [1.29, 1.82) is 0 Å². The highest BCUT2D eigenvalue weighted by Gasteiger charge is 2.20. The number of benzene rings is 1. The van der Waals surface area contributed by atoms with Crippen LogP contribution in [0.5, 0.6) is 5.75 Å². The molecule has 1 aliphatic rings. The summed E-state index contributed by atoms with van der Waals surface area (Å²) in [4.78, 5) is 22.2. The minimum atomic E-state index is -0.646. The molecule has 0 fully saturated rings. The van der Waals surface area contributed by atoms with Crippen molar-refractivity contribution in [3.63, 3.8) is 0 Å². The molecular formula is C20H22N2O3S2. The van der Waals surface area contributed by atoms with Gasteiger partial charge in [-0.25, -0.2) is 4.98 Å². The number of hydrogen-bond donors (Lipinski definition) is 2. The fourth-order valence-corrected chi connectivity index (χ4v) is 5.43. The number of thiophene rings is 1. The summed E-state index contributed by atoms with van der Waals surface area (Å²) in [6.45, 7) is 2.18. The lowest BCUT2D eigenvalue weighted by molar-refractivity contribution is 0.126. The van der Waals surface area contributed by atoms with Gasteiger partial charge in [-0.05, 0) is 49.8 Å². The molecule has 7 heteroatoms. The van der Waals surface area contributed by atoms with E-state index in [0.717, 1.165) is 40.8 Å². The molecule has 5 nitrogen and oxygen atoms in total. The number of aliphatic hydroxyl groups excluding tert-OH is 1. The van der Waals surface area contributed by atoms with Crippen LogP contribution in [0.4, 0.5) is 0 Å². The van der Waals surface area contributed by atoms with Gasteiger partial charge in [0.1, 0.15) is 17.2 Å². The number of hydrogen-bond acceptors (Lipinski definition) is 6. The molecule has 0 radical (unpaired) electrons. The average molecular weight is 403 g/mol. The van der Waals surface area contributed by atoms with E-state index in [0.29, 0.717) is 10.9 Å². The molecule has 4 rings (SSSR count). The number of aromatic amines is 1. The summed E-state index contributed by atoms with van der Waals surface area (Å²) >= 11 is 2.99. The lowest BCUT2D eigenvalue weighted by Crippen LogP contribution is -2.21. The highest BCUT2D eigenvalue weighted by molar-refractivity contribution is 7.99. The Morgan fingerprint density at radius 2 is 2.15 bits per heavy atom. The van der Waals surface area contributed by atoms with E-state index in [1.807, 2.05) is 31.2 Å². The van der Waals surface area contributed by atoms with Gasteiger partial charge < -0.3 is 14.8 Å². The standard InChI is InChI=1S/C20H22N2O3S2/c1-12-6-2-4-8-15(12)25-10-13(23)11-26-20-21-18(24)17-14-7-3-5-9-16(14)27-19(17)22-20/h2,4,6,8,13,23H,3,5,7,9-11H2,1H3,(H,21,22,24)/t13-/m0/s1. The van der Waals surface area contributed by atoms with E-state index in [9.17, 15) is 9.90 Å². The van der Waals surface area contributed by atoms with Gasteiger partial charge in [-0.15, -0.1) is 11.3 Å². The first kappa shape index (κ1) is 18.5. The Morgan fingerprint density at radius 1 is 1.33 bits per heavy atom. The second-order valence-electron chi connectivity index (χ2n) is 6.80. The summed E-state index contributed by atoms with van der Waals surface area (Å²) in [5, 5.41) is 11.5. The monoisotopic (exact) mass is 402 g/mol. The van der Waals surface area contributed by atoms with Crippen molar-refractivity contribution in [3.8, 4) is 5.75 Å². The number of aromatic nitrogens is 2. The minimum absolute atomic E-state index is 0.0625. The lowest BCUT2D eigenvalue weighted by Gasteiger charge is -2.13. The third kappa shape index (κ3) is 4.05. The van der Waals surface area contributed by atoms with E-state index >= 15 is 0 Å². The molecule has 0 aliphatic heterocycles. The van der Waals surface area contributed by atoms with Crippen LogP contribution in [0.15, 0.2) is 34.2 Å². The van der Waals surface area contributed by atoms with Crippen molar-refractivity contribution < 1.29 is 9.84 Å². The van der Waals surface area contributed by atoms with Crippen LogP contribution in [0.3, 0.4) is 0 Å². The first-order chi connectivity index (χ1) is 13.1. The molecule has 0 unspecified atom stereocenters. The molecule has 2 aromatic heterocycles. The lowest BCUT2D eigenvalue weighted by atomic mass is 9.97. The van der Waals surface area contributed by atoms with Gasteiger partial charge in [0.25, 0.3) is 5.56 Å². The van der Waals surface area contributed by atoms with Gasteiger partial charge in [-0.3, -0.25) is 4.79 Å². The number of H-pyrrole nitrogens is 1. The quantitative estimate of drug-likeness (QED) is 0.486. The van der Waals surface area contributed by atoms with E-state index in [1.165, 1.54) is 28.6 Å². The number of aryl methyl sites for hydroxylation is 3. The SMILES string of the molecule is Cc1ccccc1OC[C@H](O)CSc1nc2sc3c(c2c(=O)[nH]1)CCCC3. The number of nitrogens with one attached hydrogen (secondary N) is 1. The van der Waals surface area contributed by atoms with Crippen LogP contribution in [0.1, 0.15) is 28.8 Å². The van der Waals surface area contributed by atoms with Gasteiger partial charge in [0.2, 0.25) is 0 Å². The molecule has 142 valence electrons. The van der Waals surface area contributed by atoms with Gasteiger partial charge in [0, 0.05) is 10.6 Å². The van der Waals surface area contributed by atoms with E-state index in [1.54, 1.807) is 11.3 Å². The van der Waals surface area contributed by atoms with Crippen LogP contribution in [0.25, 0.3) is 10.2 Å². The maximum Gasteiger partial charge on any atom is 0.260 e. The Balaban J connectivity index is 1.41. The van der Waals surface area contributed by atoms with Gasteiger partial charge >= 0.3 is 0 Å². The van der Waals surface area contributed by atoms with Crippen LogP contribution >= 0.6 is 23.1 Å². The first-order valence-corrected chi connectivity index (χ1v) is 11.0. The fourth-order valence-electron chi connectivity index (χ4n) is 3.34. The van der Waals surface area contributed by atoms with Crippen LogP contribution in [-0.4, -0.2) is 33.5 Å². The second-order valence-corrected chi connectivity index (χ2v) is 8.90. The Morgan fingerprint density at radius 3 is 3.00 bits per heavy atom. The Kier molecular flexibility index (Phi) is 5.52. The van der Waals surface area contributed by atoms with E-state index in [4.69, 9.17) is 4.74 Å². The zero-order chi connectivity index (χ0) is 18.8. The normalized spacial score (nSPS) is 14.9. The molecule has 1 aromatic carbocycles. The summed E-state index contributed by atoms with van der Waals surface area (Å²) < 4.78 is 5.68. The van der Waals surface area contributed by atoms with E-state index < -0.39 is 6.10 Å². The fraction of sp³-hybridized carbons (Fsp3) is 0.400. The maximum atomic E-state index is 12.5. The highest BCUT2D eigenvalue weighted by atomic mass is 32.2. The molecule has 0 saturated carbocycles. The molecule has 1 aliphatic carbocycles. The molecule has 1 atom stereocenters. The summed E-state index contributed by atoms with van der Waals surface area (Å²) in [5.74, 6) is 1.18. The molecular weight excluding hydrogens is 380 g/mol. The second kappa shape index (κ2) is 8.04. The molecule has 0 bridgehead atoms. The number of para-hydroxylation sites is 1. The zero-order valence-electron chi connectivity index (χ0n) is 15.2. The zero-order valence-corrected chi connectivity index (χ0v) is 16.8. The molecule has 0 amide bonds. The number of nitrogens with zero attached hydrogens (tertiary/aromatic N) is 1. The van der Waals surface area contributed by atoms with Gasteiger partial charge in [0.15, 0.2) is 5.16 Å². The first-order valence-electron chi connectivity index (χ1n) is 9.15. The van der Waals surface area contributed by atoms with E-state index in [2.05, 4.69) is 9.97 Å². The number of thioether (sulfide) groups is 1. The average Bonchev–Trinajstić information content (AvgIpc) is 3.04. The Labute approximate surface area is 165 Å². The van der Waals surface area contributed by atoms with Gasteiger partial charge in [0.05, 0.1) is 11.5 Å². The van der Waals surface area contributed by atoms with Crippen LogP contribution in [-0.2, 0) is 12.8 Å². The van der Waals surface area contributed by atoms with E-state index in [-0.39, 0.29) is 12.2 Å². The number of ether oxygens (including phenoxy) is 1. The van der Waals surface area contributed by atoms with Crippen molar-refractivity contribution in [2.75, 3.05) is 12.4 Å². The maximum absolute atomic E-state index is 12.5. The van der Waals surface area contributed by atoms with Crippen LogP contribution in [0, 0.1) is 6.92 Å². The third-order valence-corrected chi connectivity index (χ3v) is 6.94. The number of rotatable bonds is 6. The van der Waals surface area contributed by atoms with Gasteiger partial charge in [-0.2, -0.15) is 0 Å². The third-order valence-electron chi connectivity index (χ3n) is 4.74. The van der Waals surface area contributed by atoms with Crippen LogP contribution < -0.4 is 10.3 Å². The molecule has 0 spiro atoms. The molecule has 2 heterocycles. The number of aliphatic hydroxyl groups is 1. The Hall–Kier alpha value is -1.83. The Bertz CT molecular complexity index is 1010. The topological polar surface area (TPSA) is 75.2 Å². The van der Waals surface area contributed by atoms with Gasteiger partial charge in [-0.1, -0.05) is 30.0 Å². The van der Waals surface area contributed by atoms with Crippen LogP contribution in [0.2, 0.25) is 0 Å². The molecule has 27 heavy (non-hydrogen) atoms. The summed E-state index contributed by atoms with van der Waals surface area (Å²) in [6.07, 6.45) is 3.70. The molecule has 2 N–H and O–H groups in total. The minimum Gasteiger partial charge on any atom is -0.491 e. The van der Waals surface area contributed by atoms with Crippen molar-refractivity contribution in [1.82, 2.24) is 9.97 Å². The summed E-state index contributed by atoms with van der Waals surface area (Å²) in [7, 11) is 0. The molecule has 0 saturated heterocycles. The van der Waals surface area contributed by atoms with Crippen molar-refractivity contribution in [2.45, 2.75) is 43.9 Å². The van der Waals surface area contributed by atoms with Crippen molar-refractivity contribution in [3.05, 3.63) is 50.6 Å². The van der Waals surface area contributed by atoms with Crippen molar-refractivity contribution in [2.24, 2.45) is 0 Å². The highest BCUT2D eigenvalue weighted by Crippen LogP contribution is 2.34. The van der Waals surface area contributed by atoms with Crippen molar-refractivity contribution >= 4 is 33.3 Å². The predicted octanol–water partition coefficient (Wildman–Crippen LogP) is 3.70. The molecule has 3 aromatic rings. The summed E-state index contributed by atoms with van der Waals surface area (Å²) in [5.41, 5.74) is 2.17. The largest absolute Gasteiger partial charge is 0.491 e. The predicted molar refractivity (Wildman–Crippen MR) is 110 cm³/mol.